The second kappa shape index (κ2) is 8.43. The minimum absolute atomic E-state index is 0.0463. The van der Waals surface area contributed by atoms with Crippen molar-refractivity contribution in [2.75, 3.05) is 33.0 Å². The number of rotatable bonds is 0. The smallest absolute Gasteiger partial charge is 0.246 e. The number of fused-ring (bicyclic) bond motifs is 6. The average molecular weight is 429 g/mol. The van der Waals surface area contributed by atoms with Gasteiger partial charge in [-0.3, -0.25) is 9.59 Å². The van der Waals surface area contributed by atoms with E-state index in [9.17, 15) is 9.59 Å². The zero-order valence-electron chi connectivity index (χ0n) is 18.2. The molecule has 4 heterocycles. The number of nitrogens with one attached hydrogen (secondary N) is 1. The third kappa shape index (κ3) is 3.94. The van der Waals surface area contributed by atoms with Crippen molar-refractivity contribution in [3.63, 3.8) is 0 Å². The van der Waals surface area contributed by atoms with Gasteiger partial charge in [-0.05, 0) is 49.7 Å². The molecule has 1 aromatic carbocycles. The van der Waals surface area contributed by atoms with Crippen LogP contribution in [0.15, 0.2) is 24.3 Å². The predicted octanol–water partition coefficient (Wildman–Crippen LogP) is 2.24. The van der Waals surface area contributed by atoms with Crippen LogP contribution in [0.5, 0.6) is 5.75 Å². The van der Waals surface area contributed by atoms with Crippen molar-refractivity contribution in [1.29, 1.82) is 0 Å². The van der Waals surface area contributed by atoms with Gasteiger partial charge < -0.3 is 24.4 Å². The fourth-order valence-electron chi connectivity index (χ4n) is 5.73. The maximum Gasteiger partial charge on any atom is 0.246 e. The maximum atomic E-state index is 13.4. The Balaban J connectivity index is 1.43. The number of carbonyl (C=O) groups is 2. The van der Waals surface area contributed by atoms with Crippen molar-refractivity contribution >= 4 is 11.8 Å². The number of ether oxygens (including phenoxy) is 3. The lowest BCUT2D eigenvalue weighted by atomic mass is 9.82. The first kappa shape index (κ1) is 20.8. The van der Waals surface area contributed by atoms with E-state index in [1.807, 2.05) is 24.0 Å². The van der Waals surface area contributed by atoms with Gasteiger partial charge in [-0.1, -0.05) is 25.1 Å². The number of hydrogen-bond donors (Lipinski definition) is 1. The number of carbonyl (C=O) groups excluding carboxylic acids is 2. The van der Waals surface area contributed by atoms with Crippen LogP contribution in [0.3, 0.4) is 0 Å². The Kier molecular flexibility index (Phi) is 5.65. The van der Waals surface area contributed by atoms with Gasteiger partial charge in [-0.15, -0.1) is 0 Å². The predicted molar refractivity (Wildman–Crippen MR) is 114 cm³/mol. The van der Waals surface area contributed by atoms with E-state index in [4.69, 9.17) is 14.2 Å². The molecule has 0 unspecified atom stereocenters. The topological polar surface area (TPSA) is 77.1 Å². The quantitative estimate of drug-likeness (QED) is 0.686. The highest BCUT2D eigenvalue weighted by Gasteiger charge is 2.52. The molecule has 2 amide bonds. The van der Waals surface area contributed by atoms with Crippen LogP contribution < -0.4 is 10.1 Å². The molecule has 4 aliphatic heterocycles. The highest BCUT2D eigenvalue weighted by atomic mass is 16.5. The number of para-hydroxylation sites is 1. The lowest BCUT2D eigenvalue weighted by Gasteiger charge is -2.42. The summed E-state index contributed by atoms with van der Waals surface area (Å²) in [5, 5.41) is 3.15. The maximum absolute atomic E-state index is 13.4. The highest BCUT2D eigenvalue weighted by molar-refractivity contribution is 5.81. The minimum atomic E-state index is -0.563. The molecule has 3 fully saturated rings. The molecule has 31 heavy (non-hydrogen) atoms. The van der Waals surface area contributed by atoms with Gasteiger partial charge in [0, 0.05) is 6.54 Å². The zero-order chi connectivity index (χ0) is 21.4. The monoisotopic (exact) mass is 428 g/mol. The number of amides is 2. The molecular formula is C24H32N2O5. The first-order chi connectivity index (χ1) is 15.1. The summed E-state index contributed by atoms with van der Waals surface area (Å²) in [6.45, 7) is 3.77. The van der Waals surface area contributed by atoms with E-state index in [2.05, 4.69) is 17.4 Å². The van der Waals surface area contributed by atoms with Crippen LogP contribution >= 0.6 is 0 Å². The molecule has 6 rings (SSSR count). The Bertz CT molecular complexity index is 837. The van der Waals surface area contributed by atoms with Crippen LogP contribution in [0.4, 0.5) is 0 Å². The summed E-state index contributed by atoms with van der Waals surface area (Å²) in [6, 6.07) is 8.02. The van der Waals surface area contributed by atoms with Crippen LogP contribution in [0.25, 0.3) is 0 Å². The Morgan fingerprint density at radius 2 is 1.90 bits per heavy atom. The van der Waals surface area contributed by atoms with Crippen molar-refractivity contribution in [1.82, 2.24) is 10.2 Å². The number of morpholine rings is 1. The largest absolute Gasteiger partial charge is 0.492 e. The minimum Gasteiger partial charge on any atom is -0.492 e. The molecule has 7 heteroatoms. The lowest BCUT2D eigenvalue weighted by Crippen LogP contribution is -2.65. The summed E-state index contributed by atoms with van der Waals surface area (Å²) in [5.41, 5.74) is 0.685. The number of nitrogens with zero attached hydrogens (tertiary/aromatic N) is 1. The molecule has 1 aliphatic carbocycles. The van der Waals surface area contributed by atoms with Gasteiger partial charge >= 0.3 is 0 Å². The third-order valence-corrected chi connectivity index (χ3v) is 7.51. The van der Waals surface area contributed by atoms with Gasteiger partial charge in [0.15, 0.2) is 0 Å². The van der Waals surface area contributed by atoms with E-state index in [-0.39, 0.29) is 36.5 Å². The van der Waals surface area contributed by atoms with E-state index in [0.29, 0.717) is 38.7 Å². The third-order valence-electron chi connectivity index (χ3n) is 7.51. The second-order valence-corrected chi connectivity index (χ2v) is 9.55. The lowest BCUT2D eigenvalue weighted by molar-refractivity contribution is -0.145. The van der Waals surface area contributed by atoms with E-state index < -0.39 is 5.54 Å². The number of hydrogen-bond acceptors (Lipinski definition) is 5. The molecule has 0 radical (unpaired) electrons. The molecular weight excluding hydrogens is 396 g/mol. The zero-order valence-corrected chi connectivity index (χ0v) is 18.2. The van der Waals surface area contributed by atoms with Crippen LogP contribution in [0.1, 0.15) is 50.5 Å². The van der Waals surface area contributed by atoms with Gasteiger partial charge in [0.25, 0.3) is 0 Å². The average Bonchev–Trinajstić information content (AvgIpc) is 3.12. The Hall–Kier alpha value is -2.12. The Labute approximate surface area is 183 Å². The standard InChI is InChI=1S/C24H32N2O5/c1-16-12-31-20-5-3-2-4-19(20)17-6-8-18(9-7-17)30-13-21-24(10-11-26(21)23(16)28)15-29-14-22(27)25-24/h2-5,16-18,21H,6-15H2,1H3,(H,25,27)/t16-,17?,18?,21+,24-/m0/s1. The van der Waals surface area contributed by atoms with E-state index >= 15 is 0 Å². The summed E-state index contributed by atoms with van der Waals surface area (Å²) in [4.78, 5) is 27.5. The van der Waals surface area contributed by atoms with Crippen molar-refractivity contribution in [2.24, 2.45) is 5.92 Å². The van der Waals surface area contributed by atoms with Crippen molar-refractivity contribution < 1.29 is 23.8 Å². The summed E-state index contributed by atoms with van der Waals surface area (Å²) in [5.74, 6) is 1.00. The number of benzene rings is 1. The van der Waals surface area contributed by atoms with Gasteiger partial charge in [0.2, 0.25) is 11.8 Å². The van der Waals surface area contributed by atoms with Gasteiger partial charge in [0.05, 0.1) is 43.4 Å². The van der Waals surface area contributed by atoms with E-state index in [1.54, 1.807) is 0 Å². The van der Waals surface area contributed by atoms with Crippen LogP contribution in [0.2, 0.25) is 0 Å². The molecule has 1 saturated carbocycles. The van der Waals surface area contributed by atoms with Crippen LogP contribution in [-0.4, -0.2) is 67.4 Å². The van der Waals surface area contributed by atoms with Gasteiger partial charge in [-0.2, -0.15) is 0 Å². The Morgan fingerprint density at radius 3 is 2.71 bits per heavy atom. The van der Waals surface area contributed by atoms with E-state index in [1.165, 1.54) is 5.56 Å². The first-order valence-corrected chi connectivity index (χ1v) is 11.6. The molecule has 3 atom stereocenters. The Morgan fingerprint density at radius 1 is 1.10 bits per heavy atom. The summed E-state index contributed by atoms with van der Waals surface area (Å²) >= 11 is 0. The van der Waals surface area contributed by atoms with Gasteiger partial charge in [-0.25, -0.2) is 0 Å². The second-order valence-electron chi connectivity index (χ2n) is 9.55. The van der Waals surface area contributed by atoms with Crippen molar-refractivity contribution in [3.05, 3.63) is 29.8 Å². The molecule has 7 nitrogen and oxygen atoms in total. The molecule has 2 saturated heterocycles. The molecule has 0 aromatic heterocycles. The molecule has 168 valence electrons. The SMILES string of the molecule is C[C@H]1COc2ccccc2C2CCC(CC2)OC[C@H]2N(CC[C@]23COCC(=O)N3)C1=O. The normalized spacial score (nSPS) is 36.4. The molecule has 1 aromatic rings. The molecule has 1 spiro atoms. The van der Waals surface area contributed by atoms with Gasteiger partial charge in [0.1, 0.15) is 12.4 Å². The fraction of sp³-hybridized carbons (Fsp3) is 0.667. The molecule has 2 bridgehead atoms. The highest BCUT2D eigenvalue weighted by Crippen LogP contribution is 2.40. The van der Waals surface area contributed by atoms with Crippen LogP contribution in [0, 0.1) is 5.92 Å². The van der Waals surface area contributed by atoms with Crippen LogP contribution in [-0.2, 0) is 19.1 Å². The van der Waals surface area contributed by atoms with E-state index in [0.717, 1.165) is 31.4 Å². The van der Waals surface area contributed by atoms with Crippen molar-refractivity contribution in [3.8, 4) is 5.75 Å². The molecule has 5 aliphatic rings. The van der Waals surface area contributed by atoms with Crippen molar-refractivity contribution in [2.45, 2.75) is 62.6 Å². The fourth-order valence-corrected chi connectivity index (χ4v) is 5.73. The summed E-state index contributed by atoms with van der Waals surface area (Å²) < 4.78 is 18.2. The summed E-state index contributed by atoms with van der Waals surface area (Å²) in [6.07, 6.45) is 4.98. The molecule has 1 N–H and O–H groups in total. The first-order valence-electron chi connectivity index (χ1n) is 11.6. The summed E-state index contributed by atoms with van der Waals surface area (Å²) in [7, 11) is 0.